The summed E-state index contributed by atoms with van der Waals surface area (Å²) in [5, 5.41) is 0.595. The summed E-state index contributed by atoms with van der Waals surface area (Å²) in [7, 11) is 37.4. The summed E-state index contributed by atoms with van der Waals surface area (Å²) >= 11 is -0.374. The van der Waals surface area contributed by atoms with Crippen molar-refractivity contribution in [1.82, 2.24) is 4.90 Å². The van der Waals surface area contributed by atoms with Gasteiger partial charge < -0.3 is 29.4 Å². The molecular formula is C115H137Cl7F4N9O6Ru3-3. The summed E-state index contributed by atoms with van der Waals surface area (Å²) in [5.74, 6) is -2.54. The summed E-state index contributed by atoms with van der Waals surface area (Å²) < 4.78 is 74.5. The normalized spacial score (nSPS) is 13.0. The molecule has 0 atom stereocenters. The van der Waals surface area contributed by atoms with Crippen LogP contribution in [0.5, 0.6) is 0 Å². The Labute approximate surface area is 897 Å². The van der Waals surface area contributed by atoms with E-state index in [0.29, 0.717) is 40.5 Å². The maximum atomic E-state index is 13.7. The smallest absolute Gasteiger partial charge is 0.0146 e. The van der Waals surface area contributed by atoms with Crippen LogP contribution in [0.3, 0.4) is 0 Å². The van der Waals surface area contributed by atoms with Crippen LogP contribution in [0.25, 0.3) is 0 Å². The number of nitrogens with zero attached hydrogens (tertiary/aromatic N) is 9. The van der Waals surface area contributed by atoms with Crippen LogP contribution in [0.15, 0.2) is 176 Å². The SMILES string of the molecule is CC(C)OC(=O)CN(C)Cc1ccc(F)cc1[CH]=[Ru]([Cl])[Cl].CC(C)OC(=O)CN(Cc1ccc(F)cc1[CH]=[Ru]([Cl])[Cl])c1ccc(Cl)cc1.CC(C)OC(=O)CN(Cc1ccc(F)cc1[CH]=[Ru]([Cl])[Cl])c1ccc(F)cc1.Cc1cc(C)c(N2[CH-]N(c3c(C)cc(C)cc3C)CC2)c(C)c1.Cc1cc(C)c(N2[CH-]N(c3c(C)cc(C)cc3C)CC2)c(C)c1.Cc1cc(C)c(N2[CH-]N(c3c(C)cc(C)cc3C)CC2)c(C)c1. The summed E-state index contributed by atoms with van der Waals surface area (Å²) in [6, 6.07) is 53.5. The van der Waals surface area contributed by atoms with Crippen molar-refractivity contribution in [1.29, 1.82) is 0 Å². The van der Waals surface area contributed by atoms with E-state index in [-0.39, 0.29) is 73.9 Å². The Balaban J connectivity index is 0.000000193. The van der Waals surface area contributed by atoms with Crippen molar-refractivity contribution in [3.8, 4) is 0 Å². The Kier molecular flexibility index (Phi) is 46.4. The number of ether oxygens (including phenoxy) is 3. The van der Waals surface area contributed by atoms with E-state index < -0.39 is 52.3 Å². The van der Waals surface area contributed by atoms with E-state index in [1.807, 2.05) is 17.0 Å². The molecule has 15 nitrogen and oxygen atoms in total. The number of aryl methyl sites for hydroxylation is 18. The van der Waals surface area contributed by atoms with Gasteiger partial charge in [-0.1, -0.05) is 106 Å². The van der Waals surface area contributed by atoms with Crippen molar-refractivity contribution in [3.05, 3.63) is 358 Å². The van der Waals surface area contributed by atoms with Gasteiger partial charge in [-0.2, -0.15) is 20.0 Å². The third-order valence-corrected chi connectivity index (χ3v) is 29.4. The zero-order valence-electron chi connectivity index (χ0n) is 87.1. The number of esters is 3. The molecule has 0 unspecified atom stereocenters. The molecule has 0 radical (unpaired) electrons. The van der Waals surface area contributed by atoms with Crippen LogP contribution in [0.2, 0.25) is 5.02 Å². The van der Waals surface area contributed by atoms with E-state index in [2.05, 4.69) is 247 Å². The zero-order valence-corrected chi connectivity index (χ0v) is 97.6. The minimum absolute atomic E-state index is 0.0381. The molecule has 3 fully saturated rings. The number of anilines is 8. The van der Waals surface area contributed by atoms with Gasteiger partial charge in [-0.05, 0) is 191 Å². The summed E-state index contributed by atoms with van der Waals surface area (Å²) in [6.07, 6.45) is -0.597. The van der Waals surface area contributed by atoms with Crippen LogP contribution in [0, 0.1) is 168 Å². The first-order chi connectivity index (χ1) is 67.8. The standard InChI is InChI=1S/3C21H27N2.C19H19ClFNO2.C19H19F2NO2.C14H18FNO2.6ClH.3Ru/c3*1-14-9-16(3)20(17(4)10-14)22-7-8-23(13-22)21-18(5)11-15(2)12-19(21)6;1-13(2)24-19(23)12-22(18-8-5-16(20)6-9-18)11-15-4-7-17(21)10-14(15)3;1-13(2)24-19(23)12-22(18-8-6-16(20)7-9-18)11-15-4-5-17(21)10-14(15)3;1-10(2)18-14(17)9-16(4)8-12-5-6-13(15)7-11(12)3;;;;;;;;;/h3*9-13H,7-8H2,1-6H3;2*3-10,13H,11-12H2,1-2H3;3,5-7,10H,8-9H2,1-2,4H3;6*1H;;;/q3*-1;;;;;;;;;;3*+2/p-6. The number of rotatable bonds is 26. The zero-order chi connectivity index (χ0) is 106. The van der Waals surface area contributed by atoms with Gasteiger partial charge in [0.05, 0.1) is 0 Å². The average molecular weight is 2370 g/mol. The van der Waals surface area contributed by atoms with Crippen LogP contribution >= 0.6 is 69.7 Å². The van der Waals surface area contributed by atoms with E-state index in [0.717, 1.165) is 61.6 Å². The van der Waals surface area contributed by atoms with Crippen molar-refractivity contribution in [3.63, 3.8) is 0 Å². The van der Waals surface area contributed by atoms with E-state index in [1.54, 1.807) is 115 Å². The van der Waals surface area contributed by atoms with Gasteiger partial charge in [0.15, 0.2) is 0 Å². The Hall–Kier alpha value is -8.58. The minimum Gasteiger partial charge on any atom is -0.502 e. The van der Waals surface area contributed by atoms with Crippen molar-refractivity contribution in [2.45, 2.75) is 204 Å². The van der Waals surface area contributed by atoms with Crippen molar-refractivity contribution < 1.29 is 86.7 Å². The topological polar surface area (TPSA) is 108 Å². The molecule has 11 aromatic rings. The van der Waals surface area contributed by atoms with Crippen molar-refractivity contribution in [2.75, 3.05) is 105 Å². The first-order valence-corrected chi connectivity index (χ1v) is 64.4. The molecule has 782 valence electrons. The Morgan fingerprint density at radius 2 is 0.514 bits per heavy atom. The second-order valence-corrected chi connectivity index (χ2v) is 55.5. The second-order valence-electron chi connectivity index (χ2n) is 37.9. The molecular weight excluding hydrogens is 2230 g/mol. The Morgan fingerprint density at radius 3 is 0.729 bits per heavy atom. The summed E-state index contributed by atoms with van der Waals surface area (Å²) in [4.78, 5) is 55.8. The van der Waals surface area contributed by atoms with Crippen LogP contribution in [0.4, 0.5) is 63.1 Å². The third-order valence-electron chi connectivity index (χ3n) is 23.7. The average Bonchev–Trinajstić information content (AvgIpc) is 1.63. The summed E-state index contributed by atoms with van der Waals surface area (Å²) in [6.45, 7) is 64.7. The van der Waals surface area contributed by atoms with E-state index in [1.165, 1.54) is 183 Å². The van der Waals surface area contributed by atoms with Crippen molar-refractivity contribution in [2.24, 2.45) is 0 Å². The molecule has 29 heteroatoms. The van der Waals surface area contributed by atoms with E-state index in [4.69, 9.17) is 84.0 Å². The fraction of sp³-hybridized carbons (Fsp3) is 0.348. The molecule has 11 aromatic carbocycles. The van der Waals surface area contributed by atoms with Gasteiger partial charge in [0.25, 0.3) is 0 Å². The van der Waals surface area contributed by atoms with Gasteiger partial charge in [0.2, 0.25) is 0 Å². The Morgan fingerprint density at radius 1 is 0.312 bits per heavy atom. The number of carbonyl (C=O) groups excluding carboxylic acids is 3. The molecule has 0 spiro atoms. The quantitative estimate of drug-likeness (QED) is 0.0169. The molecule has 3 saturated heterocycles. The molecule has 0 amide bonds. The van der Waals surface area contributed by atoms with E-state index in [9.17, 15) is 31.9 Å². The largest absolute Gasteiger partial charge is 0.502 e. The number of carbonyl (C=O) groups is 3. The fourth-order valence-corrected chi connectivity index (χ4v) is 24.6. The number of halogens is 11. The molecule has 144 heavy (non-hydrogen) atoms. The third kappa shape index (κ3) is 36.4. The first-order valence-electron chi connectivity index (χ1n) is 47.6. The van der Waals surface area contributed by atoms with Gasteiger partial charge in [0.1, 0.15) is 0 Å². The van der Waals surface area contributed by atoms with Crippen LogP contribution < -0.4 is 39.2 Å². The molecule has 0 saturated carbocycles. The molecule has 0 N–H and O–H groups in total. The molecule has 3 aliphatic heterocycles. The number of benzene rings is 11. The minimum atomic E-state index is -2.17. The van der Waals surface area contributed by atoms with Crippen molar-refractivity contribution >= 4 is 147 Å². The first kappa shape index (κ1) is 119. The van der Waals surface area contributed by atoms with E-state index >= 15 is 0 Å². The van der Waals surface area contributed by atoms with Crippen LogP contribution in [0.1, 0.15) is 175 Å². The molecule has 14 rings (SSSR count). The van der Waals surface area contributed by atoms with Gasteiger partial charge in [0, 0.05) is 73.4 Å². The van der Waals surface area contributed by atoms with Crippen LogP contribution in [-0.2, 0) is 88.8 Å². The molecule has 0 aromatic heterocycles. The van der Waals surface area contributed by atoms with Gasteiger partial charge in [-0.15, -0.1) is 0 Å². The summed E-state index contributed by atoms with van der Waals surface area (Å²) in [5.41, 5.74) is 38.3. The maximum absolute atomic E-state index is 13.7. The predicted octanol–water partition coefficient (Wildman–Crippen LogP) is 28.7. The molecule has 0 bridgehead atoms. The van der Waals surface area contributed by atoms with Gasteiger partial charge in [-0.3, -0.25) is 0 Å². The van der Waals surface area contributed by atoms with Gasteiger partial charge in [-0.25, -0.2) is 0 Å². The van der Waals surface area contributed by atoms with Crippen LogP contribution in [-0.4, -0.2) is 121 Å². The predicted molar refractivity (Wildman–Crippen MR) is 591 cm³/mol. The monoisotopic (exact) mass is 2370 g/mol. The van der Waals surface area contributed by atoms with Gasteiger partial charge >= 0.3 is 485 Å². The maximum Gasteiger partial charge on any atom is 0.0146 e. The number of hydrogen-bond acceptors (Lipinski definition) is 15. The number of likely N-dealkylation sites (N-methyl/N-ethyl adjacent to an activating group) is 1. The molecule has 0 aliphatic carbocycles. The number of hydrogen-bond donors (Lipinski definition) is 0. The second kappa shape index (κ2) is 56.2. The molecule has 3 aliphatic rings. The molecule has 3 heterocycles. The Bertz CT molecular complexity index is 5630. The fourth-order valence-electron chi connectivity index (χ4n) is 18.9.